The van der Waals surface area contributed by atoms with Gasteiger partial charge in [-0.25, -0.2) is 0 Å². The molecule has 24 heavy (non-hydrogen) atoms. The maximum Gasteiger partial charge on any atom is 0.242 e. The van der Waals surface area contributed by atoms with Gasteiger partial charge in [-0.3, -0.25) is 4.79 Å². The fraction of sp³-hybridized carbons (Fsp3) is 0.611. The Bertz CT molecular complexity index is 578. The average Bonchev–Trinajstić information content (AvgIpc) is 2.58. The quantitative estimate of drug-likeness (QED) is 0.904. The summed E-state index contributed by atoms with van der Waals surface area (Å²) in [6, 6.07) is 8.18. The van der Waals surface area contributed by atoms with Gasteiger partial charge in [-0.1, -0.05) is 11.6 Å². The lowest BCUT2D eigenvalue weighted by atomic mass is 9.73. The van der Waals surface area contributed by atoms with E-state index in [1.165, 1.54) is 5.69 Å². The maximum atomic E-state index is 12.7. The van der Waals surface area contributed by atoms with Gasteiger partial charge in [0.15, 0.2) is 0 Å². The summed E-state index contributed by atoms with van der Waals surface area (Å²) in [6.45, 7) is 1.87. The highest BCUT2D eigenvalue weighted by molar-refractivity contribution is 6.30. The van der Waals surface area contributed by atoms with Crippen LogP contribution in [-0.4, -0.2) is 55.7 Å². The van der Waals surface area contributed by atoms with Crippen molar-refractivity contribution in [2.75, 3.05) is 32.1 Å². The van der Waals surface area contributed by atoms with E-state index in [-0.39, 0.29) is 18.1 Å². The molecule has 1 aromatic rings. The summed E-state index contributed by atoms with van der Waals surface area (Å²) in [5, 5.41) is 0.752. The molecule has 2 fully saturated rings. The number of carbonyl (C=O) groups excluding carboxylic acids is 1. The molecule has 0 radical (unpaired) electrons. The normalized spacial score (nSPS) is 27.7. The fourth-order valence-corrected chi connectivity index (χ4v) is 3.90. The smallest absolute Gasteiger partial charge is 0.242 e. The predicted molar refractivity (Wildman–Crippen MR) is 96.4 cm³/mol. The number of hydrogen-bond donors (Lipinski definition) is 1. The van der Waals surface area contributed by atoms with Crippen molar-refractivity contribution in [2.45, 2.75) is 43.4 Å². The van der Waals surface area contributed by atoms with Crippen molar-refractivity contribution in [2.24, 2.45) is 5.73 Å². The average molecular weight is 352 g/mol. The van der Waals surface area contributed by atoms with E-state index in [0.29, 0.717) is 12.8 Å². The van der Waals surface area contributed by atoms with Gasteiger partial charge in [0, 0.05) is 56.8 Å². The molecule has 0 aromatic heterocycles. The van der Waals surface area contributed by atoms with Gasteiger partial charge in [-0.15, -0.1) is 0 Å². The Morgan fingerprint density at radius 3 is 2.42 bits per heavy atom. The first-order valence-corrected chi connectivity index (χ1v) is 8.90. The molecule has 1 heterocycles. The summed E-state index contributed by atoms with van der Waals surface area (Å²) in [7, 11) is 3.56. The van der Waals surface area contributed by atoms with E-state index in [2.05, 4.69) is 4.90 Å². The first-order chi connectivity index (χ1) is 11.4. The number of anilines is 1. The van der Waals surface area contributed by atoms with Crippen LogP contribution in [0.15, 0.2) is 24.3 Å². The van der Waals surface area contributed by atoms with Gasteiger partial charge in [-0.05, 0) is 37.1 Å². The molecule has 1 aliphatic heterocycles. The van der Waals surface area contributed by atoms with Crippen LogP contribution in [0.2, 0.25) is 5.02 Å². The lowest BCUT2D eigenvalue weighted by Crippen LogP contribution is -2.65. The maximum absolute atomic E-state index is 12.7. The van der Waals surface area contributed by atoms with Crippen LogP contribution < -0.4 is 10.6 Å². The molecule has 0 spiro atoms. The molecule has 2 N–H and O–H groups in total. The van der Waals surface area contributed by atoms with Gasteiger partial charge in [0.25, 0.3) is 0 Å². The molecule has 1 saturated carbocycles. The zero-order chi connectivity index (χ0) is 17.3. The molecular weight excluding hydrogens is 326 g/mol. The largest absolute Gasteiger partial charge is 0.381 e. The molecule has 2 aliphatic rings. The van der Waals surface area contributed by atoms with Gasteiger partial charge in [0.1, 0.15) is 5.54 Å². The Morgan fingerprint density at radius 2 is 1.88 bits per heavy atom. The van der Waals surface area contributed by atoms with Crippen LogP contribution in [-0.2, 0) is 9.53 Å². The van der Waals surface area contributed by atoms with Crippen molar-refractivity contribution in [1.82, 2.24) is 4.90 Å². The van der Waals surface area contributed by atoms with Crippen LogP contribution in [0.3, 0.4) is 0 Å². The monoisotopic (exact) mass is 351 g/mol. The number of ether oxygens (including phenoxy) is 1. The minimum atomic E-state index is -0.733. The Labute approximate surface area is 148 Å². The minimum absolute atomic E-state index is 0.0562. The summed E-state index contributed by atoms with van der Waals surface area (Å²) >= 11 is 5.95. The number of amides is 1. The first kappa shape index (κ1) is 17.5. The van der Waals surface area contributed by atoms with Crippen LogP contribution in [0.5, 0.6) is 0 Å². The number of piperidine rings is 1. The summed E-state index contributed by atoms with van der Waals surface area (Å²) in [4.78, 5) is 16.9. The number of hydrogen-bond acceptors (Lipinski definition) is 4. The second-order valence-corrected chi connectivity index (χ2v) is 7.47. The molecule has 1 aromatic carbocycles. The zero-order valence-corrected chi connectivity index (χ0v) is 15.1. The van der Waals surface area contributed by atoms with Gasteiger partial charge < -0.3 is 20.3 Å². The highest BCUT2D eigenvalue weighted by Crippen LogP contribution is 2.34. The first-order valence-electron chi connectivity index (χ1n) is 8.52. The van der Waals surface area contributed by atoms with Gasteiger partial charge in [0.05, 0.1) is 6.10 Å². The molecule has 6 heteroatoms. The van der Waals surface area contributed by atoms with E-state index in [1.54, 1.807) is 7.11 Å². The third-order valence-corrected chi connectivity index (χ3v) is 5.72. The molecule has 0 atom stereocenters. The Morgan fingerprint density at radius 1 is 1.29 bits per heavy atom. The number of halogens is 1. The van der Waals surface area contributed by atoms with Crippen molar-refractivity contribution in [3.8, 4) is 0 Å². The minimum Gasteiger partial charge on any atom is -0.381 e. The van der Waals surface area contributed by atoms with Crippen LogP contribution in [0.4, 0.5) is 5.69 Å². The van der Waals surface area contributed by atoms with Crippen LogP contribution >= 0.6 is 11.6 Å². The second-order valence-electron chi connectivity index (χ2n) is 7.03. The van der Waals surface area contributed by atoms with E-state index >= 15 is 0 Å². The molecule has 0 bridgehead atoms. The Hall–Kier alpha value is -1.30. The number of methoxy groups -OCH3 is 1. The molecule has 5 nitrogen and oxygen atoms in total. The lowest BCUT2D eigenvalue weighted by Gasteiger charge is -2.47. The van der Waals surface area contributed by atoms with Crippen LogP contribution in [0.1, 0.15) is 25.7 Å². The number of carbonyl (C=O) groups is 1. The van der Waals surface area contributed by atoms with E-state index in [4.69, 9.17) is 22.1 Å². The number of likely N-dealkylation sites (N-methyl/N-ethyl adjacent to an activating group) is 1. The van der Waals surface area contributed by atoms with Crippen LogP contribution in [0, 0.1) is 0 Å². The van der Waals surface area contributed by atoms with E-state index in [1.807, 2.05) is 36.2 Å². The second kappa shape index (κ2) is 6.90. The summed E-state index contributed by atoms with van der Waals surface area (Å²) in [5.74, 6) is 0.0562. The van der Waals surface area contributed by atoms with Crippen molar-refractivity contribution in [1.29, 1.82) is 0 Å². The molecule has 1 aliphatic carbocycles. The fourth-order valence-electron chi connectivity index (χ4n) is 3.77. The van der Waals surface area contributed by atoms with Crippen molar-refractivity contribution in [3.05, 3.63) is 29.3 Å². The van der Waals surface area contributed by atoms with Gasteiger partial charge in [0.2, 0.25) is 5.91 Å². The summed E-state index contributed by atoms with van der Waals surface area (Å²) < 4.78 is 5.26. The molecule has 0 unspecified atom stereocenters. The number of benzene rings is 1. The van der Waals surface area contributed by atoms with Crippen molar-refractivity contribution < 1.29 is 9.53 Å². The van der Waals surface area contributed by atoms with E-state index in [9.17, 15) is 4.79 Å². The highest BCUT2D eigenvalue weighted by Gasteiger charge is 2.49. The number of rotatable bonds is 4. The molecular formula is C18H26ClN3O2. The third-order valence-electron chi connectivity index (χ3n) is 5.47. The SMILES string of the molecule is COC1CC(N)(C(=O)N(C)C2CCN(c3ccc(Cl)cc3)CC2)C1. The van der Waals surface area contributed by atoms with Crippen molar-refractivity contribution >= 4 is 23.2 Å². The molecule has 3 rings (SSSR count). The van der Waals surface area contributed by atoms with Gasteiger partial charge >= 0.3 is 0 Å². The number of nitrogens with zero attached hydrogens (tertiary/aromatic N) is 2. The molecule has 1 amide bonds. The third kappa shape index (κ3) is 3.39. The van der Waals surface area contributed by atoms with Crippen LogP contribution in [0.25, 0.3) is 0 Å². The summed E-state index contributed by atoms with van der Waals surface area (Å²) in [6.07, 6.45) is 3.27. The topological polar surface area (TPSA) is 58.8 Å². The number of nitrogens with two attached hydrogens (primary N) is 1. The van der Waals surface area contributed by atoms with Gasteiger partial charge in [-0.2, -0.15) is 0 Å². The lowest BCUT2D eigenvalue weighted by molar-refractivity contribution is -0.147. The van der Waals surface area contributed by atoms with E-state index < -0.39 is 5.54 Å². The Kier molecular flexibility index (Phi) is 5.04. The highest BCUT2D eigenvalue weighted by atomic mass is 35.5. The van der Waals surface area contributed by atoms with Crippen molar-refractivity contribution in [3.63, 3.8) is 0 Å². The standard InChI is InChI=1S/C18H26ClN3O2/c1-21(17(23)18(20)11-16(12-18)24-2)14-7-9-22(10-8-14)15-5-3-13(19)4-6-15/h3-6,14,16H,7-12,20H2,1-2H3. The van der Waals surface area contributed by atoms with E-state index in [0.717, 1.165) is 31.0 Å². The Balaban J connectivity index is 1.54. The summed E-state index contributed by atoms with van der Waals surface area (Å²) in [5.41, 5.74) is 6.71. The predicted octanol–water partition coefficient (Wildman–Crippen LogP) is 2.27. The zero-order valence-electron chi connectivity index (χ0n) is 14.4. The molecule has 132 valence electrons. The molecule has 1 saturated heterocycles.